The second-order valence-corrected chi connectivity index (χ2v) is 5.32. The lowest BCUT2D eigenvalue weighted by molar-refractivity contribution is 0.0777. The predicted molar refractivity (Wildman–Crippen MR) is 69.7 cm³/mol. The molecule has 0 radical (unpaired) electrons. The van der Waals surface area contributed by atoms with Crippen LogP contribution in [0.2, 0.25) is 0 Å². The Morgan fingerprint density at radius 2 is 2.35 bits per heavy atom. The molecule has 0 aliphatic carbocycles. The van der Waals surface area contributed by atoms with Crippen molar-refractivity contribution in [2.45, 2.75) is 25.4 Å². The molecule has 0 saturated carbocycles. The Hall–Kier alpha value is -1.19. The number of benzene rings is 1. The van der Waals surface area contributed by atoms with E-state index in [0.717, 1.165) is 35.1 Å². The van der Waals surface area contributed by atoms with E-state index >= 15 is 0 Å². The second-order valence-electron chi connectivity index (χ2n) is 4.41. The van der Waals surface area contributed by atoms with Gasteiger partial charge in [-0.1, -0.05) is 12.1 Å². The Balaban J connectivity index is 1.87. The van der Waals surface area contributed by atoms with Gasteiger partial charge in [-0.15, -0.1) is 11.3 Å². The van der Waals surface area contributed by atoms with E-state index in [-0.39, 0.29) is 11.9 Å². The largest absolute Gasteiger partial charge is 0.378 e. The van der Waals surface area contributed by atoms with E-state index in [9.17, 15) is 4.79 Å². The van der Waals surface area contributed by atoms with Gasteiger partial charge in [0.25, 0.3) is 0 Å². The third-order valence-electron chi connectivity index (χ3n) is 3.22. The van der Waals surface area contributed by atoms with Crippen molar-refractivity contribution in [3.63, 3.8) is 0 Å². The third-order valence-corrected chi connectivity index (χ3v) is 4.18. The van der Waals surface area contributed by atoms with Crippen molar-refractivity contribution in [3.05, 3.63) is 35.2 Å². The zero-order valence-electron chi connectivity index (χ0n) is 9.52. The van der Waals surface area contributed by atoms with Gasteiger partial charge in [0.1, 0.15) is 0 Å². The minimum absolute atomic E-state index is 0.137. The highest BCUT2D eigenvalue weighted by molar-refractivity contribution is 7.17. The van der Waals surface area contributed by atoms with E-state index in [1.807, 2.05) is 17.5 Å². The molecule has 1 saturated heterocycles. The second kappa shape index (κ2) is 4.59. The topological polar surface area (TPSA) is 26.3 Å². The Morgan fingerprint density at radius 3 is 3.18 bits per heavy atom. The lowest BCUT2D eigenvalue weighted by atomic mass is 10.0. The van der Waals surface area contributed by atoms with Crippen LogP contribution in [0.1, 0.15) is 29.6 Å². The van der Waals surface area contributed by atoms with Crippen molar-refractivity contribution in [1.29, 1.82) is 0 Å². The van der Waals surface area contributed by atoms with Crippen molar-refractivity contribution in [2.24, 2.45) is 0 Å². The minimum Gasteiger partial charge on any atom is -0.378 e. The Kier molecular flexibility index (Phi) is 2.95. The van der Waals surface area contributed by atoms with Crippen molar-refractivity contribution >= 4 is 27.2 Å². The van der Waals surface area contributed by atoms with Crippen LogP contribution in [0.15, 0.2) is 29.6 Å². The van der Waals surface area contributed by atoms with Crippen molar-refractivity contribution in [2.75, 3.05) is 6.61 Å². The summed E-state index contributed by atoms with van der Waals surface area (Å²) in [5, 5.41) is 3.20. The van der Waals surface area contributed by atoms with Crippen LogP contribution >= 0.6 is 11.3 Å². The number of thiophene rings is 1. The van der Waals surface area contributed by atoms with E-state index in [1.54, 1.807) is 11.3 Å². The van der Waals surface area contributed by atoms with Gasteiger partial charge in [0.05, 0.1) is 6.10 Å². The van der Waals surface area contributed by atoms with E-state index in [1.165, 1.54) is 0 Å². The van der Waals surface area contributed by atoms with Crippen LogP contribution < -0.4 is 0 Å². The molecule has 1 aliphatic heterocycles. The van der Waals surface area contributed by atoms with Crippen LogP contribution in [0.25, 0.3) is 10.1 Å². The van der Waals surface area contributed by atoms with Gasteiger partial charge in [-0.25, -0.2) is 0 Å². The summed E-state index contributed by atoms with van der Waals surface area (Å²) in [6.07, 6.45) is 2.77. The van der Waals surface area contributed by atoms with E-state index in [0.29, 0.717) is 6.42 Å². The molecule has 1 aromatic heterocycles. The van der Waals surface area contributed by atoms with E-state index in [4.69, 9.17) is 4.74 Å². The maximum Gasteiger partial charge on any atom is 0.166 e. The molecule has 2 aromatic rings. The van der Waals surface area contributed by atoms with Gasteiger partial charge >= 0.3 is 0 Å². The summed E-state index contributed by atoms with van der Waals surface area (Å²) in [6, 6.07) is 7.99. The maximum absolute atomic E-state index is 12.2. The third kappa shape index (κ3) is 2.13. The standard InChI is InChI=1S/C14H14O2S/c15-13(9-11-4-2-7-16-11)12-5-1-3-10-6-8-17-14(10)12/h1,3,5-6,8,11H,2,4,7,9H2. The highest BCUT2D eigenvalue weighted by Crippen LogP contribution is 2.27. The SMILES string of the molecule is O=C(CC1CCCO1)c1cccc2ccsc12. The first kappa shape index (κ1) is 10.9. The van der Waals surface area contributed by atoms with E-state index in [2.05, 4.69) is 12.1 Å². The summed E-state index contributed by atoms with van der Waals surface area (Å²) in [5.41, 5.74) is 0.855. The fourth-order valence-corrected chi connectivity index (χ4v) is 3.27. The fraction of sp³-hybridized carbons (Fsp3) is 0.357. The van der Waals surface area contributed by atoms with Crippen molar-refractivity contribution in [3.8, 4) is 0 Å². The number of hydrogen-bond acceptors (Lipinski definition) is 3. The summed E-state index contributed by atoms with van der Waals surface area (Å²) in [6.45, 7) is 0.807. The van der Waals surface area contributed by atoms with Crippen molar-refractivity contribution in [1.82, 2.24) is 0 Å². The Labute approximate surface area is 104 Å². The Bertz CT molecular complexity index is 538. The van der Waals surface area contributed by atoms with Gasteiger partial charge in [-0.3, -0.25) is 4.79 Å². The van der Waals surface area contributed by atoms with Gasteiger partial charge in [0, 0.05) is 23.3 Å². The summed E-state index contributed by atoms with van der Waals surface area (Å²) < 4.78 is 6.63. The van der Waals surface area contributed by atoms with Gasteiger partial charge in [-0.05, 0) is 35.7 Å². The van der Waals surface area contributed by atoms with Crippen molar-refractivity contribution < 1.29 is 9.53 Å². The van der Waals surface area contributed by atoms with Crippen LogP contribution in [-0.4, -0.2) is 18.5 Å². The number of fused-ring (bicyclic) bond motifs is 1. The molecule has 1 aromatic carbocycles. The minimum atomic E-state index is 0.137. The van der Waals surface area contributed by atoms with Gasteiger partial charge < -0.3 is 4.74 Å². The number of Topliss-reactive ketones (excluding diaryl/α,β-unsaturated/α-hetero) is 1. The van der Waals surface area contributed by atoms with Crippen LogP contribution in [0.4, 0.5) is 0 Å². The first-order valence-electron chi connectivity index (χ1n) is 5.95. The highest BCUT2D eigenvalue weighted by atomic mass is 32.1. The molecule has 1 unspecified atom stereocenters. The molecule has 0 bridgehead atoms. The number of hydrogen-bond donors (Lipinski definition) is 0. The molecule has 0 N–H and O–H groups in total. The molecule has 3 rings (SSSR count). The molecule has 2 heterocycles. The van der Waals surface area contributed by atoms with Gasteiger partial charge in [0.2, 0.25) is 0 Å². The molecule has 0 amide bonds. The molecule has 1 fully saturated rings. The summed E-state index contributed by atoms with van der Waals surface area (Å²) >= 11 is 1.64. The molecule has 1 aliphatic rings. The molecule has 17 heavy (non-hydrogen) atoms. The highest BCUT2D eigenvalue weighted by Gasteiger charge is 2.21. The van der Waals surface area contributed by atoms with Crippen LogP contribution in [0.3, 0.4) is 0 Å². The molecule has 1 atom stereocenters. The fourth-order valence-electron chi connectivity index (χ4n) is 2.33. The number of rotatable bonds is 3. The average molecular weight is 246 g/mol. The van der Waals surface area contributed by atoms with E-state index < -0.39 is 0 Å². The van der Waals surface area contributed by atoms with Gasteiger partial charge in [-0.2, -0.15) is 0 Å². The smallest absolute Gasteiger partial charge is 0.166 e. The number of carbonyl (C=O) groups is 1. The predicted octanol–water partition coefficient (Wildman–Crippen LogP) is 3.65. The van der Waals surface area contributed by atoms with Crippen LogP contribution in [-0.2, 0) is 4.74 Å². The zero-order valence-corrected chi connectivity index (χ0v) is 10.3. The molecule has 2 nitrogen and oxygen atoms in total. The lowest BCUT2D eigenvalue weighted by Gasteiger charge is -2.08. The zero-order chi connectivity index (χ0) is 11.7. The van der Waals surface area contributed by atoms with Crippen LogP contribution in [0.5, 0.6) is 0 Å². The summed E-state index contributed by atoms with van der Waals surface area (Å²) in [7, 11) is 0. The molecule has 88 valence electrons. The number of ketones is 1. The first-order chi connectivity index (χ1) is 8.34. The quantitative estimate of drug-likeness (QED) is 0.773. The van der Waals surface area contributed by atoms with Crippen LogP contribution in [0, 0.1) is 0 Å². The lowest BCUT2D eigenvalue weighted by Crippen LogP contribution is -2.12. The molecular formula is C14H14O2S. The molecule has 0 spiro atoms. The molecule has 3 heteroatoms. The summed E-state index contributed by atoms with van der Waals surface area (Å²) in [5.74, 6) is 0.213. The number of ether oxygens (including phenoxy) is 1. The first-order valence-corrected chi connectivity index (χ1v) is 6.83. The monoisotopic (exact) mass is 246 g/mol. The average Bonchev–Trinajstić information content (AvgIpc) is 2.97. The maximum atomic E-state index is 12.2. The number of carbonyl (C=O) groups excluding carboxylic acids is 1. The molecular weight excluding hydrogens is 232 g/mol. The van der Waals surface area contributed by atoms with Gasteiger partial charge in [0.15, 0.2) is 5.78 Å². The normalized spacial score (nSPS) is 19.9. The summed E-state index contributed by atoms with van der Waals surface area (Å²) in [4.78, 5) is 12.2. The Morgan fingerprint density at radius 1 is 1.41 bits per heavy atom.